The third kappa shape index (κ3) is 3.09. The van der Waals surface area contributed by atoms with Gasteiger partial charge in [-0.25, -0.2) is 0 Å². The van der Waals surface area contributed by atoms with Gasteiger partial charge in [0.25, 0.3) is 0 Å². The molecule has 0 amide bonds. The zero-order valence-corrected chi connectivity index (χ0v) is 10.6. The molecule has 0 saturated carbocycles. The Morgan fingerprint density at radius 2 is 2.07 bits per heavy atom. The summed E-state index contributed by atoms with van der Waals surface area (Å²) in [5.41, 5.74) is 4.66. The van der Waals surface area contributed by atoms with Crippen LogP contribution < -0.4 is 0 Å². The Labute approximate surface area is 94.8 Å². The summed E-state index contributed by atoms with van der Waals surface area (Å²) >= 11 is 0. The monoisotopic (exact) mass is 203 g/mol. The molecular formula is C15H23. The van der Waals surface area contributed by atoms with Crippen LogP contribution in [0.5, 0.6) is 0 Å². The summed E-state index contributed by atoms with van der Waals surface area (Å²) in [6.07, 6.45) is 10.3. The molecule has 0 heterocycles. The highest BCUT2D eigenvalue weighted by Crippen LogP contribution is 2.40. The summed E-state index contributed by atoms with van der Waals surface area (Å²) in [6.45, 7) is 12.8. The van der Waals surface area contributed by atoms with E-state index in [0.717, 1.165) is 0 Å². The minimum Gasteiger partial charge on any atom is -0.0813 e. The van der Waals surface area contributed by atoms with Crippen molar-refractivity contribution in [2.45, 2.75) is 47.0 Å². The lowest BCUT2D eigenvalue weighted by Crippen LogP contribution is -2.19. The van der Waals surface area contributed by atoms with Gasteiger partial charge in [0, 0.05) is 0 Å². The maximum Gasteiger partial charge on any atom is -0.0104 e. The highest BCUT2D eigenvalue weighted by molar-refractivity contribution is 5.35. The molecular weight excluding hydrogens is 180 g/mol. The molecule has 1 aliphatic carbocycles. The summed E-state index contributed by atoms with van der Waals surface area (Å²) in [4.78, 5) is 0. The summed E-state index contributed by atoms with van der Waals surface area (Å²) in [5.74, 6) is 0. The molecule has 0 spiro atoms. The summed E-state index contributed by atoms with van der Waals surface area (Å²) in [5, 5.41) is 0. The molecule has 0 saturated heterocycles. The van der Waals surface area contributed by atoms with Gasteiger partial charge >= 0.3 is 0 Å². The van der Waals surface area contributed by atoms with E-state index in [2.05, 4.69) is 46.8 Å². The zero-order chi connectivity index (χ0) is 11.5. The Morgan fingerprint density at radius 1 is 1.40 bits per heavy atom. The molecule has 0 atom stereocenters. The number of allylic oxidation sites excluding steroid dienone is 6. The molecule has 0 aromatic heterocycles. The molecule has 83 valence electrons. The van der Waals surface area contributed by atoms with Crippen molar-refractivity contribution >= 4 is 0 Å². The van der Waals surface area contributed by atoms with Gasteiger partial charge in [0.1, 0.15) is 0 Å². The number of hydrogen-bond acceptors (Lipinski definition) is 0. The SMILES string of the molecule is [CH2]/C=C(C)/C=C/C1=C(C)CCCC1(C)C. The molecule has 0 nitrogen and oxygen atoms in total. The van der Waals surface area contributed by atoms with Crippen molar-refractivity contribution in [1.29, 1.82) is 0 Å². The van der Waals surface area contributed by atoms with Crippen LogP contribution in [0.15, 0.2) is 34.9 Å². The lowest BCUT2D eigenvalue weighted by molar-refractivity contribution is 0.377. The van der Waals surface area contributed by atoms with Gasteiger partial charge in [-0.2, -0.15) is 0 Å². The molecule has 1 radical (unpaired) electrons. The van der Waals surface area contributed by atoms with Gasteiger partial charge < -0.3 is 0 Å². The molecule has 0 aromatic rings. The van der Waals surface area contributed by atoms with Gasteiger partial charge in [-0.3, -0.25) is 0 Å². The van der Waals surface area contributed by atoms with Crippen molar-refractivity contribution in [2.24, 2.45) is 5.41 Å². The van der Waals surface area contributed by atoms with E-state index in [1.165, 1.54) is 30.4 Å². The quantitative estimate of drug-likeness (QED) is 0.563. The second-order valence-electron chi connectivity index (χ2n) is 5.21. The highest BCUT2D eigenvalue weighted by Gasteiger charge is 2.26. The van der Waals surface area contributed by atoms with E-state index in [1.807, 2.05) is 6.08 Å². The molecule has 1 rings (SSSR count). The van der Waals surface area contributed by atoms with E-state index in [0.29, 0.717) is 5.41 Å². The van der Waals surface area contributed by atoms with Gasteiger partial charge in [-0.15, -0.1) is 0 Å². The molecule has 1 aliphatic rings. The van der Waals surface area contributed by atoms with Crippen LogP contribution in [0.4, 0.5) is 0 Å². The molecule has 0 aromatic carbocycles. The zero-order valence-electron chi connectivity index (χ0n) is 10.6. The van der Waals surface area contributed by atoms with Crippen LogP contribution in [-0.4, -0.2) is 0 Å². The largest absolute Gasteiger partial charge is 0.0813 e. The molecule has 0 aliphatic heterocycles. The summed E-state index contributed by atoms with van der Waals surface area (Å²) in [6, 6.07) is 0. The van der Waals surface area contributed by atoms with E-state index in [4.69, 9.17) is 0 Å². The Morgan fingerprint density at radius 3 is 2.60 bits per heavy atom. The fraction of sp³-hybridized carbons (Fsp3) is 0.533. The maximum absolute atomic E-state index is 3.78. The van der Waals surface area contributed by atoms with Crippen molar-refractivity contribution in [3.63, 3.8) is 0 Å². The van der Waals surface area contributed by atoms with Crippen molar-refractivity contribution in [1.82, 2.24) is 0 Å². The van der Waals surface area contributed by atoms with Crippen molar-refractivity contribution in [3.05, 3.63) is 41.9 Å². The summed E-state index contributed by atoms with van der Waals surface area (Å²) < 4.78 is 0. The predicted molar refractivity (Wildman–Crippen MR) is 68.6 cm³/mol. The fourth-order valence-corrected chi connectivity index (χ4v) is 2.29. The van der Waals surface area contributed by atoms with Crippen molar-refractivity contribution in [3.8, 4) is 0 Å². The Kier molecular flexibility index (Phi) is 3.96. The summed E-state index contributed by atoms with van der Waals surface area (Å²) in [7, 11) is 0. The van der Waals surface area contributed by atoms with Gasteiger partial charge in [-0.05, 0) is 51.0 Å². The first-order chi connectivity index (χ1) is 6.97. The fourth-order valence-electron chi connectivity index (χ4n) is 2.29. The highest BCUT2D eigenvalue weighted by atomic mass is 14.3. The topological polar surface area (TPSA) is 0 Å². The first-order valence-corrected chi connectivity index (χ1v) is 5.81. The molecule has 0 heteroatoms. The molecule has 0 fully saturated rings. The van der Waals surface area contributed by atoms with Gasteiger partial charge in [-0.1, -0.05) is 43.2 Å². The van der Waals surface area contributed by atoms with Crippen molar-refractivity contribution in [2.75, 3.05) is 0 Å². The molecule has 0 unspecified atom stereocenters. The van der Waals surface area contributed by atoms with E-state index < -0.39 is 0 Å². The van der Waals surface area contributed by atoms with Crippen LogP contribution in [0.25, 0.3) is 0 Å². The Hall–Kier alpha value is -0.780. The van der Waals surface area contributed by atoms with Crippen molar-refractivity contribution < 1.29 is 0 Å². The first-order valence-electron chi connectivity index (χ1n) is 5.81. The van der Waals surface area contributed by atoms with Crippen LogP contribution in [0.2, 0.25) is 0 Å². The second kappa shape index (κ2) is 4.83. The Balaban J connectivity index is 2.95. The van der Waals surface area contributed by atoms with Gasteiger partial charge in [0.15, 0.2) is 0 Å². The van der Waals surface area contributed by atoms with E-state index >= 15 is 0 Å². The van der Waals surface area contributed by atoms with Crippen LogP contribution in [0.3, 0.4) is 0 Å². The van der Waals surface area contributed by atoms with Crippen LogP contribution >= 0.6 is 0 Å². The maximum atomic E-state index is 3.78. The van der Waals surface area contributed by atoms with E-state index in [1.54, 1.807) is 5.57 Å². The molecule has 0 bridgehead atoms. The second-order valence-corrected chi connectivity index (χ2v) is 5.21. The van der Waals surface area contributed by atoms with E-state index in [-0.39, 0.29) is 0 Å². The lowest BCUT2D eigenvalue weighted by Gasteiger charge is -2.32. The lowest BCUT2D eigenvalue weighted by atomic mass is 9.72. The molecule has 0 N–H and O–H groups in total. The average Bonchev–Trinajstić information content (AvgIpc) is 2.15. The predicted octanol–water partition coefficient (Wildman–Crippen LogP) is 4.85. The third-order valence-electron chi connectivity index (χ3n) is 3.38. The molecule has 15 heavy (non-hydrogen) atoms. The standard InChI is InChI=1S/C15H23/c1-6-12(2)9-10-14-13(3)8-7-11-15(14,4)5/h6,9-10H,1,7-8,11H2,2-5H3/b10-9+,12-6+. The van der Waals surface area contributed by atoms with Crippen LogP contribution in [0.1, 0.15) is 47.0 Å². The van der Waals surface area contributed by atoms with E-state index in [9.17, 15) is 0 Å². The minimum atomic E-state index is 0.348. The third-order valence-corrected chi connectivity index (χ3v) is 3.38. The van der Waals surface area contributed by atoms with Gasteiger partial charge in [0.2, 0.25) is 0 Å². The smallest absolute Gasteiger partial charge is 0.0104 e. The minimum absolute atomic E-state index is 0.348. The van der Waals surface area contributed by atoms with Gasteiger partial charge in [0.05, 0.1) is 0 Å². The number of hydrogen-bond donors (Lipinski definition) is 0. The first kappa shape index (κ1) is 12.3. The van der Waals surface area contributed by atoms with Crippen LogP contribution in [0, 0.1) is 12.3 Å². The number of rotatable bonds is 2. The average molecular weight is 203 g/mol. The van der Waals surface area contributed by atoms with Crippen LogP contribution in [-0.2, 0) is 0 Å². The normalized spacial score (nSPS) is 22.6. The Bertz CT molecular complexity index is 311.